The van der Waals surface area contributed by atoms with E-state index in [0.29, 0.717) is 12.5 Å². The molecular formula is C24H29N3O3. The predicted octanol–water partition coefficient (Wildman–Crippen LogP) is 4.48. The summed E-state index contributed by atoms with van der Waals surface area (Å²) >= 11 is 0. The Hall–Kier alpha value is -3.15. The quantitative estimate of drug-likeness (QED) is 0.767. The Kier molecular flexibility index (Phi) is 6.87. The maximum Gasteiger partial charge on any atom is 0.409 e. The van der Waals surface area contributed by atoms with Gasteiger partial charge in [-0.2, -0.15) is 0 Å². The topological polar surface area (TPSA) is 71.0 Å². The molecule has 2 aromatic rings. The number of fused-ring (bicyclic) bond motifs is 1. The first kappa shape index (κ1) is 21.6. The molecule has 0 spiro atoms. The van der Waals surface area contributed by atoms with Gasteiger partial charge in [-0.3, -0.25) is 15.1 Å². The van der Waals surface area contributed by atoms with Crippen molar-refractivity contribution in [1.29, 1.82) is 0 Å². The molecule has 0 unspecified atom stereocenters. The summed E-state index contributed by atoms with van der Waals surface area (Å²) in [5.41, 5.74) is 3.71. The molecule has 0 radical (unpaired) electrons. The molecular weight excluding hydrogens is 378 g/mol. The third-order valence-electron chi connectivity index (χ3n) is 4.89. The molecule has 1 aliphatic rings. The van der Waals surface area contributed by atoms with Crippen LogP contribution in [0.4, 0.5) is 10.5 Å². The molecule has 0 saturated heterocycles. The number of amides is 2. The Labute approximate surface area is 178 Å². The predicted molar refractivity (Wildman–Crippen MR) is 119 cm³/mol. The smallest absolute Gasteiger partial charge is 0.409 e. The van der Waals surface area contributed by atoms with Gasteiger partial charge in [0.25, 0.3) is 5.91 Å². The second-order valence-electron chi connectivity index (χ2n) is 8.20. The molecule has 1 aliphatic heterocycles. The number of alkyl carbamates (subject to hydrolysis) is 1. The van der Waals surface area contributed by atoms with Gasteiger partial charge in [0.15, 0.2) is 0 Å². The van der Waals surface area contributed by atoms with E-state index in [4.69, 9.17) is 4.74 Å². The molecule has 6 nitrogen and oxygen atoms in total. The maximum atomic E-state index is 13.3. The maximum absolute atomic E-state index is 13.3. The molecule has 0 aliphatic carbocycles. The molecule has 30 heavy (non-hydrogen) atoms. The molecule has 158 valence electrons. The van der Waals surface area contributed by atoms with Gasteiger partial charge < -0.3 is 9.64 Å². The molecule has 2 amide bonds. The summed E-state index contributed by atoms with van der Waals surface area (Å²) in [5.74, 6) is 0.331. The first-order valence-electron chi connectivity index (χ1n) is 10.3. The van der Waals surface area contributed by atoms with Gasteiger partial charge in [0, 0.05) is 18.3 Å². The van der Waals surface area contributed by atoms with E-state index < -0.39 is 12.3 Å². The average Bonchev–Trinajstić information content (AvgIpc) is 2.84. The molecule has 0 bridgehead atoms. The average molecular weight is 408 g/mol. The van der Waals surface area contributed by atoms with Crippen LogP contribution in [-0.4, -0.2) is 30.9 Å². The first-order chi connectivity index (χ1) is 14.3. The van der Waals surface area contributed by atoms with Crippen molar-refractivity contribution in [2.24, 2.45) is 10.9 Å². The minimum Gasteiger partial charge on any atom is -0.445 e. The van der Waals surface area contributed by atoms with E-state index in [1.54, 1.807) is 11.1 Å². The summed E-state index contributed by atoms with van der Waals surface area (Å²) in [6.45, 7) is 9.02. The fraction of sp³-hybridized carbons (Fsp3) is 0.375. The number of anilines is 1. The lowest BCUT2D eigenvalue weighted by molar-refractivity contribution is -0.120. The highest BCUT2D eigenvalue weighted by Gasteiger charge is 2.31. The van der Waals surface area contributed by atoms with E-state index in [-0.39, 0.29) is 18.4 Å². The van der Waals surface area contributed by atoms with Gasteiger partial charge in [0.2, 0.25) is 6.17 Å². The molecule has 6 heteroatoms. The minimum absolute atomic E-state index is 0.130. The van der Waals surface area contributed by atoms with Gasteiger partial charge in [-0.15, -0.1) is 0 Å². The lowest BCUT2D eigenvalue weighted by Gasteiger charge is -2.27. The fourth-order valence-corrected chi connectivity index (χ4v) is 3.28. The lowest BCUT2D eigenvalue weighted by Crippen LogP contribution is -2.48. The van der Waals surface area contributed by atoms with Crippen molar-refractivity contribution in [3.63, 3.8) is 0 Å². The van der Waals surface area contributed by atoms with Crippen LogP contribution in [0, 0.1) is 5.92 Å². The fourth-order valence-electron chi connectivity index (χ4n) is 3.28. The lowest BCUT2D eigenvalue weighted by atomic mass is 9.99. The number of nitrogens with one attached hydrogen (secondary N) is 1. The van der Waals surface area contributed by atoms with Gasteiger partial charge in [0.05, 0.1) is 5.69 Å². The van der Waals surface area contributed by atoms with E-state index >= 15 is 0 Å². The van der Waals surface area contributed by atoms with E-state index in [2.05, 4.69) is 44.1 Å². The zero-order chi connectivity index (χ0) is 21.7. The number of ether oxygens (including phenoxy) is 1. The van der Waals surface area contributed by atoms with Gasteiger partial charge in [-0.1, -0.05) is 70.2 Å². The first-order valence-corrected chi connectivity index (χ1v) is 10.3. The van der Waals surface area contributed by atoms with Crippen molar-refractivity contribution < 1.29 is 14.3 Å². The van der Waals surface area contributed by atoms with Crippen LogP contribution in [0.3, 0.4) is 0 Å². The Bertz CT molecular complexity index is 923. The van der Waals surface area contributed by atoms with Crippen LogP contribution < -0.4 is 10.2 Å². The number of carbonyl (C=O) groups is 2. The highest BCUT2D eigenvalue weighted by atomic mass is 16.5. The molecule has 0 saturated carbocycles. The van der Waals surface area contributed by atoms with Crippen LogP contribution in [0.25, 0.3) is 0 Å². The Morgan fingerprint density at radius 1 is 1.13 bits per heavy atom. The molecule has 2 aromatic carbocycles. The number of hydrogen-bond acceptors (Lipinski definition) is 4. The van der Waals surface area contributed by atoms with Crippen LogP contribution in [0.1, 0.15) is 50.3 Å². The van der Waals surface area contributed by atoms with Crippen molar-refractivity contribution in [3.8, 4) is 0 Å². The normalized spacial score (nSPS) is 15.9. The molecule has 1 heterocycles. The summed E-state index contributed by atoms with van der Waals surface area (Å²) in [6.07, 6.45) is -0.0469. The van der Waals surface area contributed by atoms with Crippen LogP contribution in [-0.2, 0) is 16.1 Å². The number of benzene rings is 2. The van der Waals surface area contributed by atoms with Gasteiger partial charge in [0.1, 0.15) is 6.61 Å². The van der Waals surface area contributed by atoms with E-state index in [1.807, 2.05) is 42.5 Å². The Morgan fingerprint density at radius 2 is 1.87 bits per heavy atom. The number of hydrogen-bond donors (Lipinski definition) is 1. The zero-order valence-electron chi connectivity index (χ0n) is 18.0. The monoisotopic (exact) mass is 407 g/mol. The van der Waals surface area contributed by atoms with E-state index in [0.717, 1.165) is 22.4 Å². The van der Waals surface area contributed by atoms with Gasteiger partial charge >= 0.3 is 6.09 Å². The number of benzodiazepines with no additional fused rings is 1. The van der Waals surface area contributed by atoms with Gasteiger partial charge in [-0.05, 0) is 29.0 Å². The van der Waals surface area contributed by atoms with Crippen molar-refractivity contribution >= 4 is 23.9 Å². The van der Waals surface area contributed by atoms with Crippen LogP contribution in [0.2, 0.25) is 0 Å². The molecule has 3 rings (SSSR count). The highest BCUT2D eigenvalue weighted by Crippen LogP contribution is 2.28. The van der Waals surface area contributed by atoms with Crippen molar-refractivity contribution in [2.75, 3.05) is 11.4 Å². The summed E-state index contributed by atoms with van der Waals surface area (Å²) < 4.78 is 5.27. The summed E-state index contributed by atoms with van der Waals surface area (Å²) in [6, 6.07) is 15.5. The second kappa shape index (κ2) is 9.57. The number of carbonyl (C=O) groups excluding carboxylic acids is 2. The molecule has 1 N–H and O–H groups in total. The van der Waals surface area contributed by atoms with Crippen LogP contribution in [0.15, 0.2) is 53.5 Å². The van der Waals surface area contributed by atoms with E-state index in [1.165, 1.54) is 0 Å². The van der Waals surface area contributed by atoms with Crippen molar-refractivity contribution in [2.45, 2.75) is 46.4 Å². The van der Waals surface area contributed by atoms with Crippen molar-refractivity contribution in [1.82, 2.24) is 5.32 Å². The highest BCUT2D eigenvalue weighted by molar-refractivity contribution is 6.06. The molecule has 0 aromatic heterocycles. The number of rotatable bonds is 6. The Morgan fingerprint density at radius 3 is 2.53 bits per heavy atom. The molecule has 0 fully saturated rings. The summed E-state index contributed by atoms with van der Waals surface area (Å²) in [4.78, 5) is 31.7. The number of nitrogens with zero attached hydrogens (tertiary/aromatic N) is 2. The minimum atomic E-state index is -1.03. The van der Waals surface area contributed by atoms with Crippen LogP contribution in [0.5, 0.6) is 0 Å². The summed E-state index contributed by atoms with van der Waals surface area (Å²) in [7, 11) is 0. The van der Waals surface area contributed by atoms with Crippen molar-refractivity contribution in [3.05, 3.63) is 65.2 Å². The van der Waals surface area contributed by atoms with Crippen LogP contribution >= 0.6 is 0 Å². The SMILES string of the molecule is CC(C)CN1C(=O)[C@H](NC(=O)OCc2ccccc2)N=Cc2ccc(C(C)C)cc21. The van der Waals surface area contributed by atoms with Gasteiger partial charge in [-0.25, -0.2) is 4.79 Å². The number of aliphatic imine (C=N–C) groups is 1. The second-order valence-corrected chi connectivity index (χ2v) is 8.20. The van der Waals surface area contributed by atoms with E-state index in [9.17, 15) is 9.59 Å². The third-order valence-corrected chi connectivity index (χ3v) is 4.89. The summed E-state index contributed by atoms with van der Waals surface area (Å²) in [5, 5.41) is 2.60. The Balaban J connectivity index is 1.78. The zero-order valence-corrected chi connectivity index (χ0v) is 18.0. The largest absolute Gasteiger partial charge is 0.445 e. The third kappa shape index (κ3) is 5.26. The standard InChI is InChI=1S/C24H29N3O3/c1-16(2)14-27-21-12-19(17(3)4)10-11-20(21)13-25-22(23(27)28)26-24(29)30-15-18-8-6-5-7-9-18/h5-13,16-17,22H,14-15H2,1-4H3,(H,26,29)/t22-/m0/s1. The molecule has 1 atom stereocenters.